The molecule has 29 heavy (non-hydrogen) atoms. The van der Waals surface area contributed by atoms with Crippen LogP contribution in [-0.4, -0.2) is 49.7 Å². The molecule has 0 saturated carbocycles. The van der Waals surface area contributed by atoms with E-state index in [0.717, 1.165) is 11.1 Å². The quantitative estimate of drug-likeness (QED) is 0.695. The van der Waals surface area contributed by atoms with Crippen molar-refractivity contribution in [3.8, 4) is 16.9 Å². The highest BCUT2D eigenvalue weighted by Crippen LogP contribution is 2.30. The monoisotopic (exact) mass is 418 g/mol. The molecule has 0 unspecified atom stereocenters. The number of nitrogens with zero attached hydrogens (tertiary/aromatic N) is 1. The zero-order valence-electron chi connectivity index (χ0n) is 17.4. The van der Waals surface area contributed by atoms with E-state index in [1.165, 1.54) is 4.90 Å². The van der Waals surface area contributed by atoms with Crippen LogP contribution in [0.1, 0.15) is 31.1 Å². The van der Waals surface area contributed by atoms with E-state index in [1.807, 2.05) is 18.2 Å². The fourth-order valence-electron chi connectivity index (χ4n) is 2.49. The summed E-state index contributed by atoms with van der Waals surface area (Å²) in [6.07, 6.45) is -0.487. The largest absolute Gasteiger partial charge is 0.490 e. The number of benzene rings is 2. The molecule has 1 N–H and O–H groups in total. The van der Waals surface area contributed by atoms with Gasteiger partial charge in [-0.3, -0.25) is 4.79 Å². The lowest BCUT2D eigenvalue weighted by molar-refractivity contribution is 0.0520. The molecule has 0 fully saturated rings. The molecule has 0 aromatic heterocycles. The fraction of sp³-hybridized carbons (Fsp3) is 0.364. The molecule has 6 nitrogen and oxygen atoms in total. The Morgan fingerprint density at radius 3 is 2.21 bits per heavy atom. The summed E-state index contributed by atoms with van der Waals surface area (Å²) in [5.74, 6) is 0.485. The maximum atomic E-state index is 12.0. The number of hydrogen-bond donors (Lipinski definition) is 1. The molecule has 0 radical (unpaired) electrons. The Balaban J connectivity index is 1.93. The van der Waals surface area contributed by atoms with Crippen LogP contribution in [0.15, 0.2) is 42.5 Å². The van der Waals surface area contributed by atoms with Crippen molar-refractivity contribution in [2.45, 2.75) is 26.4 Å². The van der Waals surface area contributed by atoms with Crippen LogP contribution < -0.4 is 10.1 Å². The molecule has 0 aliphatic heterocycles. The van der Waals surface area contributed by atoms with Crippen LogP contribution >= 0.6 is 11.6 Å². The SMILES string of the molecule is CN(C)C(=O)c1ccc(-c2ccc(OCCNC(=O)OC(C)(C)C)c(Cl)c2)cc1. The lowest BCUT2D eigenvalue weighted by Crippen LogP contribution is -2.34. The number of carbonyl (C=O) groups is 2. The summed E-state index contributed by atoms with van der Waals surface area (Å²) in [4.78, 5) is 25.1. The van der Waals surface area contributed by atoms with Gasteiger partial charge in [-0.05, 0) is 56.2 Å². The predicted molar refractivity (Wildman–Crippen MR) is 115 cm³/mol. The standard InChI is InChI=1S/C22H27ClN2O4/c1-22(2,3)29-21(27)24-12-13-28-19-11-10-17(14-18(19)23)15-6-8-16(9-7-15)20(26)25(4)5/h6-11,14H,12-13H2,1-5H3,(H,24,27). The van der Waals surface area contributed by atoms with Crippen molar-refractivity contribution in [1.29, 1.82) is 0 Å². The van der Waals surface area contributed by atoms with Gasteiger partial charge in [0, 0.05) is 19.7 Å². The van der Waals surface area contributed by atoms with E-state index in [1.54, 1.807) is 59.1 Å². The summed E-state index contributed by atoms with van der Waals surface area (Å²) in [5, 5.41) is 3.09. The topological polar surface area (TPSA) is 67.9 Å². The highest BCUT2D eigenvalue weighted by atomic mass is 35.5. The number of rotatable bonds is 6. The minimum Gasteiger partial charge on any atom is -0.490 e. The van der Waals surface area contributed by atoms with Crippen molar-refractivity contribution >= 4 is 23.6 Å². The number of ether oxygens (including phenoxy) is 2. The van der Waals surface area contributed by atoms with Crippen LogP contribution in [0.3, 0.4) is 0 Å². The first-order valence-electron chi connectivity index (χ1n) is 9.28. The van der Waals surface area contributed by atoms with E-state index in [-0.39, 0.29) is 12.5 Å². The summed E-state index contributed by atoms with van der Waals surface area (Å²) in [6.45, 7) is 5.97. The summed E-state index contributed by atoms with van der Waals surface area (Å²) in [5.41, 5.74) is 1.95. The van der Waals surface area contributed by atoms with Crippen LogP contribution in [0.4, 0.5) is 4.79 Å². The number of carbonyl (C=O) groups excluding carboxylic acids is 2. The first-order valence-corrected chi connectivity index (χ1v) is 9.66. The average Bonchev–Trinajstić information content (AvgIpc) is 2.64. The molecule has 156 valence electrons. The Kier molecular flexibility index (Phi) is 7.51. The molecule has 0 spiro atoms. The van der Waals surface area contributed by atoms with E-state index in [0.29, 0.717) is 22.9 Å². The van der Waals surface area contributed by atoms with Gasteiger partial charge in [-0.25, -0.2) is 4.79 Å². The van der Waals surface area contributed by atoms with Gasteiger partial charge in [-0.1, -0.05) is 29.8 Å². The van der Waals surface area contributed by atoms with Crippen LogP contribution in [0.2, 0.25) is 5.02 Å². The molecule has 7 heteroatoms. The zero-order valence-corrected chi connectivity index (χ0v) is 18.2. The average molecular weight is 419 g/mol. The van der Waals surface area contributed by atoms with Gasteiger partial charge < -0.3 is 19.7 Å². The van der Waals surface area contributed by atoms with Gasteiger partial charge >= 0.3 is 6.09 Å². The van der Waals surface area contributed by atoms with Gasteiger partial charge in [-0.2, -0.15) is 0 Å². The van der Waals surface area contributed by atoms with E-state index in [9.17, 15) is 9.59 Å². The Morgan fingerprint density at radius 2 is 1.66 bits per heavy atom. The summed E-state index contributed by atoms with van der Waals surface area (Å²) in [6, 6.07) is 12.8. The Morgan fingerprint density at radius 1 is 1.03 bits per heavy atom. The summed E-state index contributed by atoms with van der Waals surface area (Å²) in [7, 11) is 3.44. The molecule has 0 aliphatic rings. The minimum absolute atomic E-state index is 0.0432. The Hall–Kier alpha value is -2.73. The molecule has 0 aliphatic carbocycles. The first-order chi connectivity index (χ1) is 13.6. The molecule has 0 saturated heterocycles. The Labute approximate surface area is 176 Å². The number of alkyl carbamates (subject to hydrolysis) is 1. The maximum Gasteiger partial charge on any atom is 0.407 e. The molecule has 0 atom stereocenters. The number of hydrogen-bond acceptors (Lipinski definition) is 4. The smallest absolute Gasteiger partial charge is 0.407 e. The van der Waals surface area contributed by atoms with Crippen molar-refractivity contribution < 1.29 is 19.1 Å². The number of halogens is 1. The van der Waals surface area contributed by atoms with E-state index in [4.69, 9.17) is 21.1 Å². The van der Waals surface area contributed by atoms with Crippen LogP contribution in [-0.2, 0) is 4.74 Å². The van der Waals surface area contributed by atoms with Crippen molar-refractivity contribution in [3.63, 3.8) is 0 Å². The molecular formula is C22H27ClN2O4. The molecule has 0 bridgehead atoms. The highest BCUT2D eigenvalue weighted by molar-refractivity contribution is 6.32. The fourth-order valence-corrected chi connectivity index (χ4v) is 2.72. The second-order valence-electron chi connectivity index (χ2n) is 7.70. The predicted octanol–water partition coefficient (Wildman–Crippen LogP) is 4.61. The third-order valence-corrected chi connectivity index (χ3v) is 4.13. The van der Waals surface area contributed by atoms with Gasteiger partial charge in [0.2, 0.25) is 0 Å². The molecule has 2 rings (SSSR count). The van der Waals surface area contributed by atoms with Gasteiger partial charge in [0.25, 0.3) is 5.91 Å². The van der Waals surface area contributed by atoms with E-state index < -0.39 is 11.7 Å². The van der Waals surface area contributed by atoms with Crippen molar-refractivity contribution in [3.05, 3.63) is 53.1 Å². The number of nitrogens with one attached hydrogen (secondary N) is 1. The second-order valence-corrected chi connectivity index (χ2v) is 8.11. The molecule has 0 heterocycles. The van der Waals surface area contributed by atoms with Crippen molar-refractivity contribution in [2.75, 3.05) is 27.2 Å². The zero-order chi connectivity index (χ0) is 21.6. The van der Waals surface area contributed by atoms with Crippen LogP contribution in [0.25, 0.3) is 11.1 Å². The minimum atomic E-state index is -0.540. The van der Waals surface area contributed by atoms with Crippen LogP contribution in [0.5, 0.6) is 5.75 Å². The molecule has 2 amide bonds. The van der Waals surface area contributed by atoms with Gasteiger partial charge in [0.15, 0.2) is 0 Å². The van der Waals surface area contributed by atoms with Crippen molar-refractivity contribution in [2.24, 2.45) is 0 Å². The Bertz CT molecular complexity index is 858. The lowest BCUT2D eigenvalue weighted by atomic mass is 10.0. The third kappa shape index (κ3) is 6.98. The lowest BCUT2D eigenvalue weighted by Gasteiger charge is -2.19. The van der Waals surface area contributed by atoms with Crippen molar-refractivity contribution in [1.82, 2.24) is 10.2 Å². The molecule has 2 aromatic rings. The second kappa shape index (κ2) is 9.65. The highest BCUT2D eigenvalue weighted by Gasteiger charge is 2.15. The maximum absolute atomic E-state index is 12.0. The van der Waals surface area contributed by atoms with Gasteiger partial charge in [0.05, 0.1) is 11.6 Å². The molecule has 2 aromatic carbocycles. The van der Waals surface area contributed by atoms with Crippen LogP contribution in [0, 0.1) is 0 Å². The van der Waals surface area contributed by atoms with E-state index in [2.05, 4.69) is 5.32 Å². The van der Waals surface area contributed by atoms with Gasteiger partial charge in [0.1, 0.15) is 18.0 Å². The summed E-state index contributed by atoms with van der Waals surface area (Å²) < 4.78 is 10.8. The normalized spacial score (nSPS) is 11.0. The first kappa shape index (κ1) is 22.6. The molecular weight excluding hydrogens is 392 g/mol. The summed E-state index contributed by atoms with van der Waals surface area (Å²) >= 11 is 6.33. The van der Waals surface area contributed by atoms with E-state index >= 15 is 0 Å². The number of amides is 2. The van der Waals surface area contributed by atoms with Gasteiger partial charge in [-0.15, -0.1) is 0 Å². The third-order valence-electron chi connectivity index (χ3n) is 3.83.